The molecule has 0 N–H and O–H groups in total. The molecule has 2 atom stereocenters. The SMILES string of the molecule is COC(=O)C[C@@H]1N=C(c2ccc(Cl)cc2)c2c(sc(C(=O)N3CCN(CCCCC(=O)C[C@@H]4N=C(c5ccc(Cl)cc5)c5c(sc(C)c5C)-n5c(C)nnc54)CC3)c2C)-n2c(C)nnc21. The lowest BCUT2D eigenvalue weighted by atomic mass is 9.99. The van der Waals surface area contributed by atoms with Gasteiger partial charge in [0.25, 0.3) is 5.91 Å². The Hall–Kier alpha value is -5.39. The molecule has 0 saturated carbocycles. The Kier molecular flexibility index (Phi) is 12.7. The number of thiophene rings is 2. The number of fused-ring (bicyclic) bond motifs is 6. The summed E-state index contributed by atoms with van der Waals surface area (Å²) in [7, 11) is 1.35. The van der Waals surface area contributed by atoms with E-state index in [0.717, 1.165) is 87.4 Å². The molecular weight excluding hydrogens is 904 g/mol. The molecule has 0 aliphatic carbocycles. The molecule has 2 aromatic carbocycles. The Labute approximate surface area is 395 Å². The lowest BCUT2D eigenvalue weighted by Crippen LogP contribution is -2.48. The second-order valence-electron chi connectivity index (χ2n) is 16.7. The predicted octanol–water partition coefficient (Wildman–Crippen LogP) is 8.75. The molecule has 1 saturated heterocycles. The van der Waals surface area contributed by atoms with E-state index in [1.807, 2.05) is 66.6 Å². The average molecular weight is 952 g/mol. The van der Waals surface area contributed by atoms with Crippen LogP contribution in [0.15, 0.2) is 58.5 Å². The fraction of sp³-hybridized carbons (Fsp3) is 0.383. The van der Waals surface area contributed by atoms with Gasteiger partial charge in [0.15, 0.2) is 11.6 Å². The minimum Gasteiger partial charge on any atom is -0.469 e. The topological polar surface area (TPSA) is 153 Å². The largest absolute Gasteiger partial charge is 0.469 e. The van der Waals surface area contributed by atoms with E-state index < -0.39 is 18.1 Å². The maximum absolute atomic E-state index is 14.4. The van der Waals surface area contributed by atoms with Gasteiger partial charge in [0, 0.05) is 76.2 Å². The number of hydrogen-bond acceptors (Lipinski definition) is 13. The fourth-order valence-corrected chi connectivity index (χ4v) is 11.7. The molecule has 65 heavy (non-hydrogen) atoms. The number of unbranched alkanes of at least 4 members (excludes halogenated alkanes) is 1. The molecule has 0 bridgehead atoms. The zero-order valence-electron chi connectivity index (χ0n) is 37.0. The van der Waals surface area contributed by atoms with Gasteiger partial charge in [0.1, 0.15) is 39.5 Å². The van der Waals surface area contributed by atoms with Crippen LogP contribution >= 0.6 is 45.9 Å². The minimum absolute atomic E-state index is 0.0187. The Morgan fingerprint density at radius 3 is 1.75 bits per heavy atom. The molecule has 4 aromatic heterocycles. The molecule has 0 spiro atoms. The van der Waals surface area contributed by atoms with E-state index in [1.54, 1.807) is 23.5 Å². The normalized spacial score (nSPS) is 17.0. The van der Waals surface area contributed by atoms with Gasteiger partial charge in [-0.25, -0.2) is 0 Å². The standard InChI is InChI=1S/C47H48Cl2N10O4S2/c1-25-27(3)64-46-38(25)40(30-10-14-32(48)15-11-30)50-35(43-54-52-28(4)58(43)46)23-34(60)9-7-8-18-56-19-21-57(22-20-56)45(62)42-26(2)39-41(31-12-16-33(49)17-13-31)51-36(24-37(61)63-6)44-55-53-29(5)59(44)47(39)65-42/h10-17,35-36H,7-9,18-24H2,1-6H3/t35-,36-/m0/s1. The van der Waals surface area contributed by atoms with Gasteiger partial charge in [0.05, 0.1) is 29.8 Å². The van der Waals surface area contributed by atoms with Crippen molar-refractivity contribution in [3.05, 3.63) is 125 Å². The first-order valence-corrected chi connectivity index (χ1v) is 24.1. The van der Waals surface area contributed by atoms with Gasteiger partial charge in [-0.2, -0.15) is 0 Å². The summed E-state index contributed by atoms with van der Waals surface area (Å²) in [5, 5.41) is 20.9. The summed E-state index contributed by atoms with van der Waals surface area (Å²) in [6.07, 6.45) is 2.26. The average Bonchev–Trinajstić information content (AvgIpc) is 4.00. The number of hydrogen-bond donors (Lipinski definition) is 0. The lowest BCUT2D eigenvalue weighted by Gasteiger charge is -2.34. The van der Waals surface area contributed by atoms with Crippen molar-refractivity contribution in [3.63, 3.8) is 0 Å². The summed E-state index contributed by atoms with van der Waals surface area (Å²) in [6.45, 7) is 13.4. The number of amides is 1. The molecule has 0 radical (unpaired) electrons. The Balaban J connectivity index is 0.852. The highest BCUT2D eigenvalue weighted by atomic mass is 35.5. The number of carbonyl (C=O) groups is 3. The van der Waals surface area contributed by atoms with E-state index >= 15 is 0 Å². The summed E-state index contributed by atoms with van der Waals surface area (Å²) in [5.74, 6) is 2.27. The maximum Gasteiger partial charge on any atom is 0.308 e. The molecule has 9 rings (SSSR count). The molecule has 336 valence electrons. The van der Waals surface area contributed by atoms with Crippen LogP contribution in [-0.4, -0.2) is 108 Å². The number of esters is 1. The minimum atomic E-state index is -0.653. The molecule has 0 unspecified atom stereocenters. The number of benzene rings is 2. The third-order valence-electron chi connectivity index (χ3n) is 12.5. The van der Waals surface area contributed by atoms with Crippen molar-refractivity contribution >= 4 is 75.0 Å². The second kappa shape index (κ2) is 18.5. The van der Waals surface area contributed by atoms with Crippen LogP contribution < -0.4 is 0 Å². The Morgan fingerprint density at radius 2 is 1.20 bits per heavy atom. The maximum atomic E-state index is 14.4. The number of rotatable bonds is 12. The van der Waals surface area contributed by atoms with Crippen LogP contribution in [0.2, 0.25) is 10.0 Å². The number of aryl methyl sites for hydroxylation is 3. The van der Waals surface area contributed by atoms with Crippen molar-refractivity contribution in [1.82, 2.24) is 39.3 Å². The second-order valence-corrected chi connectivity index (χ2v) is 19.8. The Morgan fingerprint density at radius 1 is 0.677 bits per heavy atom. The van der Waals surface area contributed by atoms with Gasteiger partial charge in [0.2, 0.25) is 0 Å². The van der Waals surface area contributed by atoms with Gasteiger partial charge >= 0.3 is 5.97 Å². The van der Waals surface area contributed by atoms with Crippen molar-refractivity contribution in [2.45, 2.75) is 78.8 Å². The molecule has 1 fully saturated rings. The molecule has 1 amide bonds. The van der Waals surface area contributed by atoms with Gasteiger partial charge < -0.3 is 9.64 Å². The first-order chi connectivity index (χ1) is 31.3. The number of Topliss-reactive ketones (excluding diaryl/α,β-unsaturated/α-hetero) is 1. The molecule has 7 heterocycles. The fourth-order valence-electron chi connectivity index (χ4n) is 8.89. The van der Waals surface area contributed by atoms with Crippen molar-refractivity contribution in [2.24, 2.45) is 9.98 Å². The molecule has 3 aliphatic rings. The van der Waals surface area contributed by atoms with Crippen LogP contribution in [-0.2, 0) is 14.3 Å². The quantitative estimate of drug-likeness (QED) is 0.0866. The smallest absolute Gasteiger partial charge is 0.308 e. The van der Waals surface area contributed by atoms with Crippen molar-refractivity contribution in [2.75, 3.05) is 39.8 Å². The van der Waals surface area contributed by atoms with Crippen LogP contribution in [0.4, 0.5) is 0 Å². The predicted molar refractivity (Wildman–Crippen MR) is 254 cm³/mol. The zero-order chi connectivity index (χ0) is 45.7. The van der Waals surface area contributed by atoms with E-state index in [0.29, 0.717) is 57.6 Å². The number of carbonyl (C=O) groups excluding carboxylic acids is 3. The molecule has 6 aromatic rings. The molecule has 18 heteroatoms. The molecular formula is C47H48Cl2N10O4S2. The van der Waals surface area contributed by atoms with Crippen LogP contribution in [0, 0.1) is 34.6 Å². The summed E-state index contributed by atoms with van der Waals surface area (Å²) < 4.78 is 9.02. The van der Waals surface area contributed by atoms with E-state index in [9.17, 15) is 14.4 Å². The number of aliphatic imine (C=N–C) groups is 2. The van der Waals surface area contributed by atoms with Crippen LogP contribution in [0.25, 0.3) is 10.0 Å². The monoisotopic (exact) mass is 950 g/mol. The number of ketones is 1. The zero-order valence-corrected chi connectivity index (χ0v) is 40.2. The number of nitrogens with zero attached hydrogens (tertiary/aromatic N) is 10. The first kappa shape index (κ1) is 44.8. The summed E-state index contributed by atoms with van der Waals surface area (Å²) >= 11 is 15.7. The number of methoxy groups -OCH3 is 1. The summed E-state index contributed by atoms with van der Waals surface area (Å²) in [6, 6.07) is 14.0. The number of piperazine rings is 1. The summed E-state index contributed by atoms with van der Waals surface area (Å²) in [5.41, 5.74) is 7.04. The van der Waals surface area contributed by atoms with Crippen molar-refractivity contribution < 1.29 is 19.1 Å². The first-order valence-electron chi connectivity index (χ1n) is 21.7. The van der Waals surface area contributed by atoms with Gasteiger partial charge in [-0.3, -0.25) is 38.4 Å². The third-order valence-corrected chi connectivity index (χ3v) is 15.5. The number of halogens is 2. The third kappa shape index (κ3) is 8.62. The van der Waals surface area contributed by atoms with Crippen LogP contribution in [0.3, 0.4) is 0 Å². The van der Waals surface area contributed by atoms with Crippen LogP contribution in [0.1, 0.15) is 115 Å². The number of ether oxygens (including phenoxy) is 1. The highest BCUT2D eigenvalue weighted by molar-refractivity contribution is 7.17. The summed E-state index contributed by atoms with van der Waals surface area (Å²) in [4.78, 5) is 57.2. The molecule has 14 nitrogen and oxygen atoms in total. The lowest BCUT2D eigenvalue weighted by molar-refractivity contribution is -0.141. The van der Waals surface area contributed by atoms with Gasteiger partial charge in [-0.1, -0.05) is 47.5 Å². The van der Waals surface area contributed by atoms with Crippen molar-refractivity contribution in [1.29, 1.82) is 0 Å². The van der Waals surface area contributed by atoms with Gasteiger partial charge in [-0.15, -0.1) is 43.1 Å². The van der Waals surface area contributed by atoms with Crippen molar-refractivity contribution in [3.8, 4) is 10.0 Å². The van der Waals surface area contributed by atoms with E-state index in [-0.39, 0.29) is 24.5 Å². The highest BCUT2D eigenvalue weighted by Gasteiger charge is 2.36. The van der Waals surface area contributed by atoms with Crippen LogP contribution in [0.5, 0.6) is 0 Å². The van der Waals surface area contributed by atoms with Gasteiger partial charge in [-0.05, 0) is 89.4 Å². The van der Waals surface area contributed by atoms with E-state index in [4.69, 9.17) is 37.9 Å². The highest BCUT2D eigenvalue weighted by Crippen LogP contribution is 2.42. The Bertz CT molecular complexity index is 2890. The number of aromatic nitrogens is 6. The van der Waals surface area contributed by atoms with E-state index in [2.05, 4.69) is 43.7 Å². The van der Waals surface area contributed by atoms with E-state index in [1.165, 1.54) is 23.3 Å². The molecule has 3 aliphatic heterocycles.